The first-order chi connectivity index (χ1) is 15.1. The molecule has 5 heteroatoms. The Labute approximate surface area is 180 Å². The predicted octanol–water partition coefficient (Wildman–Crippen LogP) is 5.64. The van der Waals surface area contributed by atoms with Gasteiger partial charge in [-0.15, -0.1) is 0 Å². The van der Waals surface area contributed by atoms with E-state index in [1.54, 1.807) is 37.3 Å². The van der Waals surface area contributed by atoms with Crippen molar-refractivity contribution in [2.24, 2.45) is 0 Å². The summed E-state index contributed by atoms with van der Waals surface area (Å²) in [5.41, 5.74) is 4.70. The summed E-state index contributed by atoms with van der Waals surface area (Å²) in [7, 11) is 0. The number of nitrogens with one attached hydrogen (secondary N) is 1. The van der Waals surface area contributed by atoms with Gasteiger partial charge < -0.3 is 10.1 Å². The molecule has 0 saturated heterocycles. The Morgan fingerprint density at radius 1 is 0.903 bits per heavy atom. The van der Waals surface area contributed by atoms with E-state index in [0.29, 0.717) is 22.5 Å². The van der Waals surface area contributed by atoms with Crippen molar-refractivity contribution in [1.29, 1.82) is 0 Å². The number of aryl methyl sites for hydroxylation is 1. The molecule has 4 aromatic rings. The van der Waals surface area contributed by atoms with Gasteiger partial charge in [0, 0.05) is 10.9 Å². The highest BCUT2D eigenvalue weighted by atomic mass is 16.5. The van der Waals surface area contributed by atoms with Crippen molar-refractivity contribution in [2.75, 3.05) is 11.9 Å². The summed E-state index contributed by atoms with van der Waals surface area (Å²) in [6, 6.07) is 24.1. The summed E-state index contributed by atoms with van der Waals surface area (Å²) in [5.74, 6) is -0.789. The second kappa shape index (κ2) is 8.79. The molecule has 4 rings (SSSR count). The number of carbonyl (C=O) groups is 2. The normalized spacial score (nSPS) is 10.6. The van der Waals surface area contributed by atoms with Crippen LogP contribution in [0.3, 0.4) is 0 Å². The molecule has 0 aliphatic heterocycles. The van der Waals surface area contributed by atoms with Gasteiger partial charge >= 0.3 is 5.97 Å². The van der Waals surface area contributed by atoms with Gasteiger partial charge in [-0.25, -0.2) is 9.78 Å². The number of benzene rings is 3. The van der Waals surface area contributed by atoms with Crippen LogP contribution in [0.5, 0.6) is 0 Å². The molecule has 0 unspecified atom stereocenters. The van der Waals surface area contributed by atoms with Crippen LogP contribution in [0.2, 0.25) is 0 Å². The lowest BCUT2D eigenvalue weighted by atomic mass is 10.0. The first kappa shape index (κ1) is 20.3. The minimum Gasteiger partial charge on any atom is -0.462 e. The van der Waals surface area contributed by atoms with E-state index in [0.717, 1.165) is 22.0 Å². The van der Waals surface area contributed by atoms with Crippen molar-refractivity contribution in [3.8, 4) is 11.3 Å². The second-order valence-corrected chi connectivity index (χ2v) is 7.16. The number of hydrogen-bond donors (Lipinski definition) is 1. The van der Waals surface area contributed by atoms with E-state index in [2.05, 4.69) is 5.32 Å². The fraction of sp³-hybridized carbons (Fsp3) is 0.115. The minimum absolute atomic E-state index is 0.260. The molecule has 3 aromatic carbocycles. The third-order valence-electron chi connectivity index (χ3n) is 4.95. The summed E-state index contributed by atoms with van der Waals surface area (Å²) in [5, 5.41) is 3.62. The van der Waals surface area contributed by atoms with E-state index in [4.69, 9.17) is 9.72 Å². The fourth-order valence-electron chi connectivity index (χ4n) is 3.48. The van der Waals surface area contributed by atoms with Crippen molar-refractivity contribution in [3.05, 3.63) is 95.6 Å². The van der Waals surface area contributed by atoms with Crippen LogP contribution in [0.15, 0.2) is 78.9 Å². The molecule has 0 fully saturated rings. The van der Waals surface area contributed by atoms with Crippen molar-refractivity contribution in [3.63, 3.8) is 0 Å². The predicted molar refractivity (Wildman–Crippen MR) is 122 cm³/mol. The third kappa shape index (κ3) is 4.31. The summed E-state index contributed by atoms with van der Waals surface area (Å²) >= 11 is 0. The van der Waals surface area contributed by atoms with Crippen LogP contribution in [-0.2, 0) is 4.74 Å². The van der Waals surface area contributed by atoms with E-state index in [9.17, 15) is 9.59 Å². The molecule has 1 heterocycles. The molecule has 0 saturated carbocycles. The zero-order chi connectivity index (χ0) is 21.8. The molecular formula is C26H22N2O3. The molecule has 5 nitrogen and oxygen atoms in total. The number of anilines is 1. The van der Waals surface area contributed by atoms with Crippen LogP contribution in [0.4, 0.5) is 5.69 Å². The highest BCUT2D eigenvalue weighted by Crippen LogP contribution is 2.27. The Morgan fingerprint density at radius 3 is 2.48 bits per heavy atom. The molecule has 1 N–H and O–H groups in total. The molecule has 1 aromatic heterocycles. The summed E-state index contributed by atoms with van der Waals surface area (Å²) in [6.45, 7) is 4.02. The van der Waals surface area contributed by atoms with Crippen molar-refractivity contribution in [1.82, 2.24) is 4.98 Å². The summed E-state index contributed by atoms with van der Waals surface area (Å²) < 4.78 is 5.11. The molecule has 0 aliphatic carbocycles. The van der Waals surface area contributed by atoms with Crippen molar-refractivity contribution >= 4 is 28.5 Å². The van der Waals surface area contributed by atoms with Gasteiger partial charge in [0.1, 0.15) is 0 Å². The Bertz CT molecular complexity index is 1280. The molecule has 0 radical (unpaired) electrons. The zero-order valence-electron chi connectivity index (χ0n) is 17.4. The SMILES string of the molecule is CCOC(=O)c1ccccc1NC(=O)c1cc(-c2cccc(C)c2)nc2ccccc12. The maximum absolute atomic E-state index is 13.3. The number of esters is 1. The number of nitrogens with zero attached hydrogens (tertiary/aromatic N) is 1. The number of ether oxygens (including phenoxy) is 1. The molecule has 0 bridgehead atoms. The van der Waals surface area contributed by atoms with Crippen LogP contribution in [0.25, 0.3) is 22.2 Å². The van der Waals surface area contributed by atoms with Crippen LogP contribution >= 0.6 is 0 Å². The van der Waals surface area contributed by atoms with Gasteiger partial charge in [0.2, 0.25) is 0 Å². The van der Waals surface area contributed by atoms with E-state index in [1.807, 2.05) is 55.5 Å². The number of aromatic nitrogens is 1. The van der Waals surface area contributed by atoms with E-state index in [1.165, 1.54) is 0 Å². The van der Waals surface area contributed by atoms with Gasteiger partial charge in [0.25, 0.3) is 5.91 Å². The van der Waals surface area contributed by atoms with Gasteiger partial charge in [0.05, 0.1) is 34.6 Å². The Morgan fingerprint density at radius 2 is 1.68 bits per heavy atom. The monoisotopic (exact) mass is 410 g/mol. The molecule has 31 heavy (non-hydrogen) atoms. The van der Waals surface area contributed by atoms with Crippen molar-refractivity contribution in [2.45, 2.75) is 13.8 Å². The largest absolute Gasteiger partial charge is 0.462 e. The van der Waals surface area contributed by atoms with Gasteiger partial charge in [-0.3, -0.25) is 4.79 Å². The number of carbonyl (C=O) groups excluding carboxylic acids is 2. The molecule has 1 amide bonds. The Hall–Kier alpha value is -3.99. The van der Waals surface area contributed by atoms with Crippen LogP contribution in [-0.4, -0.2) is 23.5 Å². The maximum Gasteiger partial charge on any atom is 0.340 e. The first-order valence-corrected chi connectivity index (χ1v) is 10.1. The fourth-order valence-corrected chi connectivity index (χ4v) is 3.48. The van der Waals surface area contributed by atoms with Crippen LogP contribution in [0, 0.1) is 6.92 Å². The standard InChI is InChI=1S/C26H22N2O3/c1-3-31-26(30)20-12-5-7-14-23(20)28-25(29)21-16-24(18-10-8-9-17(2)15-18)27-22-13-6-4-11-19(21)22/h4-16H,3H2,1-2H3,(H,28,29). The molecule has 0 aliphatic rings. The number of pyridine rings is 1. The smallest absolute Gasteiger partial charge is 0.340 e. The van der Waals surface area contributed by atoms with Crippen LogP contribution < -0.4 is 5.32 Å². The van der Waals surface area contributed by atoms with Gasteiger partial charge in [-0.05, 0) is 44.2 Å². The summed E-state index contributed by atoms with van der Waals surface area (Å²) in [4.78, 5) is 30.4. The Balaban J connectivity index is 1.78. The molecule has 0 spiro atoms. The highest BCUT2D eigenvalue weighted by molar-refractivity contribution is 6.14. The van der Waals surface area contributed by atoms with E-state index in [-0.39, 0.29) is 12.5 Å². The van der Waals surface area contributed by atoms with Crippen molar-refractivity contribution < 1.29 is 14.3 Å². The van der Waals surface area contributed by atoms with E-state index >= 15 is 0 Å². The number of para-hydroxylation sites is 2. The molecular weight excluding hydrogens is 388 g/mol. The quantitative estimate of drug-likeness (QED) is 0.432. The minimum atomic E-state index is -0.474. The van der Waals surface area contributed by atoms with E-state index < -0.39 is 5.97 Å². The topological polar surface area (TPSA) is 68.3 Å². The third-order valence-corrected chi connectivity index (χ3v) is 4.95. The first-order valence-electron chi connectivity index (χ1n) is 10.1. The van der Waals surface area contributed by atoms with Gasteiger partial charge in [-0.2, -0.15) is 0 Å². The Kier molecular flexibility index (Phi) is 5.76. The van der Waals surface area contributed by atoms with Gasteiger partial charge in [-0.1, -0.05) is 54.1 Å². The lowest BCUT2D eigenvalue weighted by molar-refractivity contribution is 0.0527. The average molecular weight is 410 g/mol. The lowest BCUT2D eigenvalue weighted by Crippen LogP contribution is -2.16. The second-order valence-electron chi connectivity index (χ2n) is 7.16. The number of rotatable bonds is 5. The zero-order valence-corrected chi connectivity index (χ0v) is 17.4. The van der Waals surface area contributed by atoms with Gasteiger partial charge in [0.15, 0.2) is 0 Å². The summed E-state index contributed by atoms with van der Waals surface area (Å²) in [6.07, 6.45) is 0. The average Bonchev–Trinajstić information content (AvgIpc) is 2.78. The number of fused-ring (bicyclic) bond motifs is 1. The molecule has 154 valence electrons. The lowest BCUT2D eigenvalue weighted by Gasteiger charge is -2.13. The number of amides is 1. The van der Waals surface area contributed by atoms with Crippen LogP contribution in [0.1, 0.15) is 33.2 Å². The number of hydrogen-bond acceptors (Lipinski definition) is 4. The maximum atomic E-state index is 13.3. The molecule has 0 atom stereocenters. The highest BCUT2D eigenvalue weighted by Gasteiger charge is 2.18.